The molecule has 3 heteroatoms. The first kappa shape index (κ1) is 13.3. The molecule has 3 rings (SSSR count). The van der Waals surface area contributed by atoms with Crippen LogP contribution in [-0.4, -0.2) is 35.6 Å². The first-order valence-corrected chi connectivity index (χ1v) is 7.37. The summed E-state index contributed by atoms with van der Waals surface area (Å²) in [5, 5.41) is 0. The zero-order chi connectivity index (χ0) is 13.9. The van der Waals surface area contributed by atoms with E-state index in [0.717, 1.165) is 32.7 Å². The van der Waals surface area contributed by atoms with Crippen LogP contribution in [0.2, 0.25) is 0 Å². The Balaban J connectivity index is 1.60. The summed E-state index contributed by atoms with van der Waals surface area (Å²) in [4.78, 5) is 5.06. The van der Waals surface area contributed by atoms with E-state index in [1.54, 1.807) is 0 Å². The standard InChI is InChI=1S/C17H23N3/c1-15-6-3-4-8-17(15)20-12-10-19(11-13-20)14-16-7-5-9-18(16)2/h3-9H,10-14H2,1-2H3. The maximum atomic E-state index is 2.55. The Bertz CT molecular complexity index is 565. The van der Waals surface area contributed by atoms with Gasteiger partial charge in [-0.25, -0.2) is 0 Å². The molecule has 0 amide bonds. The second-order valence-electron chi connectivity index (χ2n) is 5.66. The van der Waals surface area contributed by atoms with Gasteiger partial charge in [0, 0.05) is 57.3 Å². The summed E-state index contributed by atoms with van der Waals surface area (Å²) < 4.78 is 2.22. The van der Waals surface area contributed by atoms with Crippen molar-refractivity contribution >= 4 is 5.69 Å². The number of benzene rings is 1. The van der Waals surface area contributed by atoms with Crippen LogP contribution in [0.15, 0.2) is 42.6 Å². The van der Waals surface area contributed by atoms with Crippen LogP contribution in [0.25, 0.3) is 0 Å². The van der Waals surface area contributed by atoms with Gasteiger partial charge < -0.3 is 9.47 Å². The van der Waals surface area contributed by atoms with Crippen LogP contribution in [0.1, 0.15) is 11.3 Å². The minimum absolute atomic E-state index is 1.06. The molecular weight excluding hydrogens is 246 g/mol. The first-order valence-electron chi connectivity index (χ1n) is 7.37. The Hall–Kier alpha value is -1.74. The van der Waals surface area contributed by atoms with E-state index >= 15 is 0 Å². The average Bonchev–Trinajstić information content (AvgIpc) is 2.86. The molecule has 1 aliphatic rings. The van der Waals surface area contributed by atoms with E-state index in [9.17, 15) is 0 Å². The van der Waals surface area contributed by atoms with Gasteiger partial charge in [0.1, 0.15) is 0 Å². The molecule has 2 aromatic rings. The lowest BCUT2D eigenvalue weighted by atomic mass is 10.1. The largest absolute Gasteiger partial charge is 0.369 e. The van der Waals surface area contributed by atoms with Crippen LogP contribution in [0.3, 0.4) is 0 Å². The van der Waals surface area contributed by atoms with Crippen molar-refractivity contribution in [2.24, 2.45) is 7.05 Å². The molecule has 106 valence electrons. The topological polar surface area (TPSA) is 11.4 Å². The Morgan fingerprint density at radius 1 is 0.950 bits per heavy atom. The number of hydrogen-bond donors (Lipinski definition) is 0. The van der Waals surface area contributed by atoms with Crippen molar-refractivity contribution in [2.45, 2.75) is 13.5 Å². The van der Waals surface area contributed by atoms with Gasteiger partial charge in [-0.05, 0) is 30.7 Å². The van der Waals surface area contributed by atoms with Gasteiger partial charge in [0.15, 0.2) is 0 Å². The van der Waals surface area contributed by atoms with Crippen LogP contribution in [-0.2, 0) is 13.6 Å². The lowest BCUT2D eigenvalue weighted by Gasteiger charge is -2.36. The quantitative estimate of drug-likeness (QED) is 0.848. The number of aromatic nitrogens is 1. The molecule has 0 saturated carbocycles. The van der Waals surface area contributed by atoms with Gasteiger partial charge in [0.05, 0.1) is 0 Å². The molecule has 0 radical (unpaired) electrons. The predicted molar refractivity (Wildman–Crippen MR) is 84.1 cm³/mol. The van der Waals surface area contributed by atoms with Gasteiger partial charge >= 0.3 is 0 Å². The van der Waals surface area contributed by atoms with Gasteiger partial charge in [-0.1, -0.05) is 18.2 Å². The van der Waals surface area contributed by atoms with E-state index < -0.39 is 0 Å². The lowest BCUT2D eigenvalue weighted by molar-refractivity contribution is 0.245. The highest BCUT2D eigenvalue weighted by molar-refractivity contribution is 5.53. The summed E-state index contributed by atoms with van der Waals surface area (Å²) in [5.41, 5.74) is 4.17. The number of aryl methyl sites for hydroxylation is 2. The van der Waals surface area contributed by atoms with Crippen molar-refractivity contribution in [2.75, 3.05) is 31.1 Å². The van der Waals surface area contributed by atoms with Crippen molar-refractivity contribution in [3.8, 4) is 0 Å². The fraction of sp³-hybridized carbons (Fsp3) is 0.412. The molecule has 3 nitrogen and oxygen atoms in total. The molecule has 1 fully saturated rings. The fourth-order valence-electron chi connectivity index (χ4n) is 2.95. The average molecular weight is 269 g/mol. The molecule has 0 atom stereocenters. The minimum atomic E-state index is 1.06. The summed E-state index contributed by atoms with van der Waals surface area (Å²) in [5.74, 6) is 0. The highest BCUT2D eigenvalue weighted by atomic mass is 15.3. The Labute approximate surface area is 121 Å². The Kier molecular flexibility index (Phi) is 3.79. The first-order chi connectivity index (χ1) is 9.74. The van der Waals surface area contributed by atoms with Gasteiger partial charge in [0.2, 0.25) is 0 Å². The zero-order valence-corrected chi connectivity index (χ0v) is 12.4. The summed E-state index contributed by atoms with van der Waals surface area (Å²) in [6.07, 6.45) is 2.12. The molecular formula is C17H23N3. The van der Waals surface area contributed by atoms with E-state index in [0.29, 0.717) is 0 Å². The third-order valence-corrected chi connectivity index (χ3v) is 4.27. The van der Waals surface area contributed by atoms with Crippen molar-refractivity contribution in [3.63, 3.8) is 0 Å². The molecule has 0 spiro atoms. The van der Waals surface area contributed by atoms with Gasteiger partial charge in [-0.3, -0.25) is 4.90 Å². The van der Waals surface area contributed by atoms with Crippen molar-refractivity contribution in [3.05, 3.63) is 53.9 Å². The molecule has 2 heterocycles. The van der Waals surface area contributed by atoms with Crippen LogP contribution in [0, 0.1) is 6.92 Å². The van der Waals surface area contributed by atoms with E-state index in [4.69, 9.17) is 0 Å². The third kappa shape index (κ3) is 2.73. The number of para-hydroxylation sites is 1. The summed E-state index contributed by atoms with van der Waals surface area (Å²) >= 11 is 0. The van der Waals surface area contributed by atoms with E-state index in [1.807, 2.05) is 0 Å². The number of nitrogens with zero attached hydrogens (tertiary/aromatic N) is 3. The second-order valence-corrected chi connectivity index (χ2v) is 5.66. The van der Waals surface area contributed by atoms with Crippen LogP contribution in [0.4, 0.5) is 5.69 Å². The molecule has 1 saturated heterocycles. The fourth-order valence-corrected chi connectivity index (χ4v) is 2.95. The number of anilines is 1. The smallest absolute Gasteiger partial charge is 0.0396 e. The molecule has 1 aliphatic heterocycles. The van der Waals surface area contributed by atoms with Gasteiger partial charge in [-0.2, -0.15) is 0 Å². The van der Waals surface area contributed by atoms with E-state index in [1.165, 1.54) is 16.9 Å². The van der Waals surface area contributed by atoms with Crippen molar-refractivity contribution < 1.29 is 0 Å². The second kappa shape index (κ2) is 5.71. The minimum Gasteiger partial charge on any atom is -0.369 e. The molecule has 1 aromatic heterocycles. The predicted octanol–water partition coefficient (Wildman–Crippen LogP) is 2.66. The Morgan fingerprint density at radius 2 is 1.70 bits per heavy atom. The highest BCUT2D eigenvalue weighted by Crippen LogP contribution is 2.21. The summed E-state index contributed by atoms with van der Waals surface area (Å²) in [7, 11) is 2.12. The molecule has 0 unspecified atom stereocenters. The van der Waals surface area contributed by atoms with Crippen LogP contribution >= 0.6 is 0 Å². The molecule has 0 N–H and O–H groups in total. The molecule has 1 aromatic carbocycles. The SMILES string of the molecule is Cc1ccccc1N1CCN(Cc2cccn2C)CC1. The normalized spacial score (nSPS) is 16.6. The van der Waals surface area contributed by atoms with Gasteiger partial charge in [-0.15, -0.1) is 0 Å². The number of piperazine rings is 1. The third-order valence-electron chi connectivity index (χ3n) is 4.27. The van der Waals surface area contributed by atoms with E-state index in [2.05, 4.69) is 70.9 Å². The van der Waals surface area contributed by atoms with Crippen molar-refractivity contribution in [1.29, 1.82) is 0 Å². The van der Waals surface area contributed by atoms with Gasteiger partial charge in [0.25, 0.3) is 0 Å². The number of hydrogen-bond acceptors (Lipinski definition) is 2. The van der Waals surface area contributed by atoms with Crippen LogP contribution < -0.4 is 4.90 Å². The van der Waals surface area contributed by atoms with Crippen LogP contribution in [0.5, 0.6) is 0 Å². The monoisotopic (exact) mass is 269 g/mol. The lowest BCUT2D eigenvalue weighted by Crippen LogP contribution is -2.46. The van der Waals surface area contributed by atoms with E-state index in [-0.39, 0.29) is 0 Å². The maximum absolute atomic E-state index is 2.55. The highest BCUT2D eigenvalue weighted by Gasteiger charge is 2.18. The van der Waals surface area contributed by atoms with Crippen molar-refractivity contribution in [1.82, 2.24) is 9.47 Å². The summed E-state index contributed by atoms with van der Waals surface area (Å²) in [6.45, 7) is 7.78. The summed E-state index contributed by atoms with van der Waals surface area (Å²) in [6, 6.07) is 13.0. The maximum Gasteiger partial charge on any atom is 0.0396 e. The molecule has 0 aliphatic carbocycles. The number of rotatable bonds is 3. The Morgan fingerprint density at radius 3 is 2.35 bits per heavy atom. The zero-order valence-electron chi connectivity index (χ0n) is 12.4. The molecule has 0 bridgehead atoms. The molecule has 20 heavy (non-hydrogen) atoms.